The Balaban J connectivity index is 1.67. The molecular weight excluding hydrogens is 342 g/mol. The Labute approximate surface area is 149 Å². The van der Waals surface area contributed by atoms with E-state index in [4.69, 9.17) is 4.42 Å². The van der Waals surface area contributed by atoms with Crippen LogP contribution in [0.15, 0.2) is 34.9 Å². The standard InChI is InChI=1S/C19H20F2N2O3/c20-15-10-16(21)17(23-18(24)8-12-4-1-2-5-12)9-14(15)19(25)22-11-13-6-3-7-26-13/h3,6-7,9-10,12H,1-2,4-5,8,11H2,(H,22,25)(H,23,24). The summed E-state index contributed by atoms with van der Waals surface area (Å²) in [5, 5.41) is 4.94. The Hall–Kier alpha value is -2.70. The van der Waals surface area contributed by atoms with E-state index in [2.05, 4.69) is 10.6 Å². The smallest absolute Gasteiger partial charge is 0.254 e. The molecule has 1 fully saturated rings. The van der Waals surface area contributed by atoms with Gasteiger partial charge in [0.05, 0.1) is 24.1 Å². The summed E-state index contributed by atoms with van der Waals surface area (Å²) in [7, 11) is 0. The highest BCUT2D eigenvalue weighted by Crippen LogP contribution is 2.28. The molecule has 3 rings (SSSR count). The van der Waals surface area contributed by atoms with Crippen molar-refractivity contribution < 1.29 is 22.8 Å². The fraction of sp³-hybridized carbons (Fsp3) is 0.368. The van der Waals surface area contributed by atoms with Gasteiger partial charge < -0.3 is 15.1 Å². The van der Waals surface area contributed by atoms with Gasteiger partial charge in [-0.25, -0.2) is 8.78 Å². The van der Waals surface area contributed by atoms with E-state index in [1.165, 1.54) is 6.26 Å². The van der Waals surface area contributed by atoms with Gasteiger partial charge in [0.15, 0.2) is 0 Å². The molecule has 7 heteroatoms. The van der Waals surface area contributed by atoms with Gasteiger partial charge in [0, 0.05) is 12.5 Å². The van der Waals surface area contributed by atoms with Gasteiger partial charge in [-0.1, -0.05) is 12.8 Å². The number of nitrogens with one attached hydrogen (secondary N) is 2. The van der Waals surface area contributed by atoms with Gasteiger partial charge in [-0.2, -0.15) is 0 Å². The zero-order valence-electron chi connectivity index (χ0n) is 14.2. The van der Waals surface area contributed by atoms with Crippen molar-refractivity contribution in [2.75, 3.05) is 5.32 Å². The molecule has 1 aliphatic carbocycles. The third-order valence-corrected chi connectivity index (χ3v) is 4.53. The normalized spacial score (nSPS) is 14.4. The number of rotatable bonds is 6. The SMILES string of the molecule is O=C(CC1CCCC1)Nc1cc(C(=O)NCc2ccco2)c(F)cc1F. The minimum absolute atomic E-state index is 0.0754. The minimum atomic E-state index is -0.992. The molecule has 1 aromatic carbocycles. The number of carbonyl (C=O) groups is 2. The molecule has 2 N–H and O–H groups in total. The molecular formula is C19H20F2N2O3. The molecule has 2 amide bonds. The molecule has 0 bridgehead atoms. The third kappa shape index (κ3) is 4.47. The van der Waals surface area contributed by atoms with Gasteiger partial charge in [-0.3, -0.25) is 9.59 Å². The zero-order chi connectivity index (χ0) is 18.5. The second-order valence-corrected chi connectivity index (χ2v) is 6.48. The van der Waals surface area contributed by atoms with Gasteiger partial charge >= 0.3 is 0 Å². The Kier molecular flexibility index (Phi) is 5.65. The minimum Gasteiger partial charge on any atom is -0.467 e. The second-order valence-electron chi connectivity index (χ2n) is 6.48. The van der Waals surface area contributed by atoms with E-state index < -0.39 is 17.5 Å². The number of amides is 2. The lowest BCUT2D eigenvalue weighted by molar-refractivity contribution is -0.117. The average molecular weight is 362 g/mol. The quantitative estimate of drug-likeness (QED) is 0.816. The number of furan rings is 1. The maximum Gasteiger partial charge on any atom is 0.254 e. The topological polar surface area (TPSA) is 71.3 Å². The molecule has 0 saturated heterocycles. The summed E-state index contributed by atoms with van der Waals surface area (Å²) in [5.41, 5.74) is -0.535. The maximum atomic E-state index is 14.0. The predicted molar refractivity (Wildman–Crippen MR) is 91.4 cm³/mol. The van der Waals surface area contributed by atoms with Crippen LogP contribution < -0.4 is 10.6 Å². The van der Waals surface area contributed by atoms with Crippen molar-refractivity contribution in [3.05, 3.63) is 53.5 Å². The van der Waals surface area contributed by atoms with Crippen LogP contribution in [0.3, 0.4) is 0 Å². The summed E-state index contributed by atoms with van der Waals surface area (Å²) in [4.78, 5) is 24.2. The van der Waals surface area contributed by atoms with Crippen molar-refractivity contribution >= 4 is 17.5 Å². The predicted octanol–water partition coefficient (Wildman–Crippen LogP) is 4.01. The third-order valence-electron chi connectivity index (χ3n) is 4.53. The van der Waals surface area contributed by atoms with Gasteiger partial charge in [-0.05, 0) is 37.0 Å². The number of carbonyl (C=O) groups excluding carboxylic acids is 2. The van der Waals surface area contributed by atoms with Gasteiger partial charge in [0.25, 0.3) is 5.91 Å². The van der Waals surface area contributed by atoms with Crippen LogP contribution in [0.25, 0.3) is 0 Å². The lowest BCUT2D eigenvalue weighted by Gasteiger charge is -2.12. The van der Waals surface area contributed by atoms with Crippen LogP contribution in [0.1, 0.15) is 48.2 Å². The molecule has 1 aromatic heterocycles. The highest BCUT2D eigenvalue weighted by molar-refractivity contribution is 5.97. The van der Waals surface area contributed by atoms with E-state index >= 15 is 0 Å². The summed E-state index contributed by atoms with van der Waals surface area (Å²) >= 11 is 0. The Morgan fingerprint density at radius 3 is 2.62 bits per heavy atom. The molecule has 0 spiro atoms. The monoisotopic (exact) mass is 362 g/mol. The van der Waals surface area contributed by atoms with Crippen LogP contribution in [-0.2, 0) is 11.3 Å². The zero-order valence-corrected chi connectivity index (χ0v) is 14.2. The van der Waals surface area contributed by atoms with Gasteiger partial charge in [0.1, 0.15) is 17.4 Å². The molecule has 1 heterocycles. The first kappa shape index (κ1) is 18.1. The van der Waals surface area contributed by atoms with Crippen LogP contribution in [-0.4, -0.2) is 11.8 Å². The molecule has 1 saturated carbocycles. The first-order chi connectivity index (χ1) is 12.5. The summed E-state index contributed by atoms with van der Waals surface area (Å²) in [6.07, 6.45) is 5.93. The molecule has 0 atom stereocenters. The number of benzene rings is 1. The first-order valence-electron chi connectivity index (χ1n) is 8.62. The van der Waals surface area contributed by atoms with E-state index in [1.807, 2.05) is 0 Å². The van der Waals surface area contributed by atoms with E-state index in [0.29, 0.717) is 24.2 Å². The van der Waals surface area contributed by atoms with Crippen LogP contribution in [0.5, 0.6) is 0 Å². The number of hydrogen-bond acceptors (Lipinski definition) is 3. The van der Waals surface area contributed by atoms with Gasteiger partial charge in [-0.15, -0.1) is 0 Å². The van der Waals surface area contributed by atoms with Crippen molar-refractivity contribution in [2.24, 2.45) is 5.92 Å². The lowest BCUT2D eigenvalue weighted by Crippen LogP contribution is -2.24. The Morgan fingerprint density at radius 2 is 1.92 bits per heavy atom. The number of halogens is 2. The lowest BCUT2D eigenvalue weighted by atomic mass is 10.0. The van der Waals surface area contributed by atoms with Crippen LogP contribution in [0, 0.1) is 17.6 Å². The Morgan fingerprint density at radius 1 is 1.15 bits per heavy atom. The van der Waals surface area contributed by atoms with E-state index in [0.717, 1.165) is 31.7 Å². The fourth-order valence-corrected chi connectivity index (χ4v) is 3.17. The highest BCUT2D eigenvalue weighted by atomic mass is 19.1. The molecule has 138 valence electrons. The van der Waals surface area contributed by atoms with Crippen LogP contribution >= 0.6 is 0 Å². The van der Waals surface area contributed by atoms with Crippen LogP contribution in [0.4, 0.5) is 14.5 Å². The van der Waals surface area contributed by atoms with Crippen molar-refractivity contribution in [3.8, 4) is 0 Å². The van der Waals surface area contributed by atoms with E-state index in [-0.39, 0.29) is 23.7 Å². The molecule has 0 radical (unpaired) electrons. The van der Waals surface area contributed by atoms with Crippen molar-refractivity contribution in [1.29, 1.82) is 0 Å². The van der Waals surface area contributed by atoms with Crippen molar-refractivity contribution in [3.63, 3.8) is 0 Å². The highest BCUT2D eigenvalue weighted by Gasteiger charge is 2.21. The Bertz CT molecular complexity index is 784. The van der Waals surface area contributed by atoms with Crippen molar-refractivity contribution in [1.82, 2.24) is 5.32 Å². The average Bonchev–Trinajstić information content (AvgIpc) is 3.28. The summed E-state index contributed by atoms with van der Waals surface area (Å²) in [6.45, 7) is 0.0754. The fourth-order valence-electron chi connectivity index (χ4n) is 3.17. The van der Waals surface area contributed by atoms with E-state index in [1.54, 1.807) is 12.1 Å². The summed E-state index contributed by atoms with van der Waals surface area (Å²) < 4.78 is 33.0. The summed E-state index contributed by atoms with van der Waals surface area (Å²) in [5.74, 6) is -2.15. The van der Waals surface area contributed by atoms with Crippen LogP contribution in [0.2, 0.25) is 0 Å². The maximum absolute atomic E-state index is 14.0. The molecule has 2 aromatic rings. The number of anilines is 1. The molecule has 0 unspecified atom stereocenters. The molecule has 1 aliphatic rings. The molecule has 5 nitrogen and oxygen atoms in total. The second kappa shape index (κ2) is 8.12. The number of hydrogen-bond donors (Lipinski definition) is 2. The van der Waals surface area contributed by atoms with E-state index in [9.17, 15) is 18.4 Å². The van der Waals surface area contributed by atoms with Gasteiger partial charge in [0.2, 0.25) is 5.91 Å². The van der Waals surface area contributed by atoms with Crippen molar-refractivity contribution in [2.45, 2.75) is 38.6 Å². The first-order valence-corrected chi connectivity index (χ1v) is 8.62. The largest absolute Gasteiger partial charge is 0.467 e. The summed E-state index contributed by atoms with van der Waals surface area (Å²) in [6, 6.07) is 4.95. The molecule has 26 heavy (non-hydrogen) atoms. The molecule has 0 aliphatic heterocycles.